The number of amidine groups is 2. The maximum Gasteiger partial charge on any atom is 0.157 e. The van der Waals surface area contributed by atoms with Gasteiger partial charge in [-0.15, -0.1) is 34.0 Å². The van der Waals surface area contributed by atoms with E-state index >= 15 is 0 Å². The van der Waals surface area contributed by atoms with Crippen LogP contribution in [0.1, 0.15) is 16.7 Å². The monoisotopic (exact) mass is 707 g/mol. The standard InChI is InChI=1S/C45H29N3S3/c46-44(37-23-11-19-32-30-16-5-7-25-39(30)50-43(32)37)48-45(27-12-2-1-3-13-27)47-26-28-14-8-17-33-34-20-10-22-36(42(34)51-40(28)33)35-21-9-18-31-29-15-4-6-24-38(29)49-41(31)35/h1-25H,26H2,(H2,46,47,48). The van der Waals surface area contributed by atoms with Gasteiger partial charge in [0.25, 0.3) is 0 Å². The number of benzene rings is 7. The van der Waals surface area contributed by atoms with Gasteiger partial charge < -0.3 is 5.73 Å². The lowest BCUT2D eigenvalue weighted by molar-refractivity contribution is 1.08. The quantitative estimate of drug-likeness (QED) is 0.140. The minimum atomic E-state index is 0.467. The average molecular weight is 708 g/mol. The van der Waals surface area contributed by atoms with Gasteiger partial charge in [0.05, 0.1) is 6.54 Å². The molecule has 10 rings (SSSR count). The molecular weight excluding hydrogens is 679 g/mol. The minimum absolute atomic E-state index is 0.467. The van der Waals surface area contributed by atoms with Crippen molar-refractivity contribution in [3.63, 3.8) is 0 Å². The van der Waals surface area contributed by atoms with E-state index in [1.54, 1.807) is 11.3 Å². The van der Waals surface area contributed by atoms with E-state index < -0.39 is 0 Å². The van der Waals surface area contributed by atoms with Gasteiger partial charge >= 0.3 is 0 Å². The number of hydrogen-bond donors (Lipinski definition) is 1. The van der Waals surface area contributed by atoms with Crippen LogP contribution in [0.5, 0.6) is 0 Å². The Morgan fingerprint density at radius 1 is 0.451 bits per heavy atom. The summed E-state index contributed by atoms with van der Waals surface area (Å²) in [6.07, 6.45) is 0. The largest absolute Gasteiger partial charge is 0.383 e. The van der Waals surface area contributed by atoms with Gasteiger partial charge in [-0.25, -0.2) is 4.99 Å². The Morgan fingerprint density at radius 3 is 1.67 bits per heavy atom. The first-order chi connectivity index (χ1) is 25.2. The first-order valence-corrected chi connectivity index (χ1v) is 19.3. The fourth-order valence-corrected chi connectivity index (χ4v) is 11.0. The molecule has 0 aliphatic carbocycles. The van der Waals surface area contributed by atoms with Crippen LogP contribution < -0.4 is 5.73 Å². The first kappa shape index (κ1) is 30.2. The minimum Gasteiger partial charge on any atom is -0.383 e. The van der Waals surface area contributed by atoms with Crippen LogP contribution in [0, 0.1) is 0 Å². The number of rotatable bonds is 5. The maximum absolute atomic E-state index is 6.85. The first-order valence-electron chi connectivity index (χ1n) is 16.9. The average Bonchev–Trinajstić information content (AvgIpc) is 3.88. The molecule has 0 unspecified atom stereocenters. The van der Waals surface area contributed by atoms with Crippen LogP contribution >= 0.6 is 34.0 Å². The molecule has 0 saturated carbocycles. The molecule has 0 fully saturated rings. The predicted octanol–water partition coefficient (Wildman–Crippen LogP) is 12.8. The SMILES string of the molecule is NC(=NC(=NCc1cccc2c1sc1c(-c3cccc4c3sc3ccccc34)cccc12)c1ccccc1)c1cccc2c1sc1ccccc12. The highest BCUT2D eigenvalue weighted by atomic mass is 32.1. The van der Waals surface area contributed by atoms with Gasteiger partial charge in [-0.1, -0.05) is 133 Å². The van der Waals surface area contributed by atoms with Gasteiger partial charge in [0.1, 0.15) is 5.84 Å². The van der Waals surface area contributed by atoms with Crippen molar-refractivity contribution in [2.75, 3.05) is 0 Å². The second kappa shape index (κ2) is 12.3. The molecule has 0 aliphatic rings. The molecule has 51 heavy (non-hydrogen) atoms. The third kappa shape index (κ3) is 5.06. The Hall–Kier alpha value is -5.66. The molecule has 0 amide bonds. The van der Waals surface area contributed by atoms with E-state index in [9.17, 15) is 0 Å². The second-order valence-corrected chi connectivity index (χ2v) is 15.8. The lowest BCUT2D eigenvalue weighted by Gasteiger charge is -2.07. The molecular formula is C45H29N3S3. The Morgan fingerprint density at radius 2 is 0.961 bits per heavy atom. The topological polar surface area (TPSA) is 50.7 Å². The van der Waals surface area contributed by atoms with Gasteiger partial charge in [-0.2, -0.15) is 0 Å². The van der Waals surface area contributed by atoms with Crippen LogP contribution in [0.15, 0.2) is 162 Å². The second-order valence-electron chi connectivity index (χ2n) is 12.6. The lowest BCUT2D eigenvalue weighted by atomic mass is 10.0. The van der Waals surface area contributed by atoms with Crippen molar-refractivity contribution >= 4 is 106 Å². The van der Waals surface area contributed by atoms with Gasteiger partial charge in [0.2, 0.25) is 0 Å². The number of fused-ring (bicyclic) bond motifs is 9. The number of aliphatic imine (C=N–C) groups is 2. The summed E-state index contributed by atoms with van der Waals surface area (Å²) in [7, 11) is 0. The van der Waals surface area contributed by atoms with E-state index in [1.807, 2.05) is 40.9 Å². The van der Waals surface area contributed by atoms with Gasteiger partial charge in [-0.05, 0) is 23.8 Å². The summed E-state index contributed by atoms with van der Waals surface area (Å²) in [6.45, 7) is 0.486. The van der Waals surface area contributed by atoms with Crippen molar-refractivity contribution in [2.24, 2.45) is 15.7 Å². The van der Waals surface area contributed by atoms with E-state index in [4.69, 9.17) is 15.7 Å². The fraction of sp³-hybridized carbons (Fsp3) is 0.0222. The van der Waals surface area contributed by atoms with Gasteiger partial charge in [0.15, 0.2) is 5.84 Å². The van der Waals surface area contributed by atoms with Crippen molar-refractivity contribution in [1.29, 1.82) is 0 Å². The summed E-state index contributed by atoms with van der Waals surface area (Å²) >= 11 is 5.50. The van der Waals surface area contributed by atoms with Gasteiger partial charge in [0, 0.05) is 82.8 Å². The number of hydrogen-bond acceptors (Lipinski definition) is 4. The summed E-state index contributed by atoms with van der Waals surface area (Å²) in [6, 6.07) is 53.7. The molecule has 0 atom stereocenters. The van der Waals surface area contributed by atoms with Gasteiger partial charge in [-0.3, -0.25) is 4.99 Å². The molecule has 0 saturated heterocycles. The smallest absolute Gasteiger partial charge is 0.157 e. The highest BCUT2D eigenvalue weighted by Crippen LogP contribution is 2.46. The molecule has 3 heterocycles. The fourth-order valence-electron chi connectivity index (χ4n) is 7.24. The molecule has 242 valence electrons. The summed E-state index contributed by atoms with van der Waals surface area (Å²) in [5, 5.41) is 7.61. The van der Waals surface area contributed by atoms with E-state index in [1.165, 1.54) is 72.5 Å². The Labute approximate surface area is 306 Å². The van der Waals surface area contributed by atoms with Crippen molar-refractivity contribution in [3.05, 3.63) is 168 Å². The summed E-state index contributed by atoms with van der Waals surface area (Å²) in [4.78, 5) is 10.2. The Bertz CT molecular complexity index is 3020. The zero-order chi connectivity index (χ0) is 33.9. The van der Waals surface area contributed by atoms with E-state index in [0.29, 0.717) is 18.2 Å². The molecule has 10 aromatic rings. The zero-order valence-electron chi connectivity index (χ0n) is 27.3. The number of thiophene rings is 3. The summed E-state index contributed by atoms with van der Waals surface area (Å²) < 4.78 is 7.60. The zero-order valence-corrected chi connectivity index (χ0v) is 29.8. The molecule has 3 aromatic heterocycles. The van der Waals surface area contributed by atoms with Crippen molar-refractivity contribution < 1.29 is 0 Å². The van der Waals surface area contributed by atoms with E-state index in [0.717, 1.165) is 15.8 Å². The van der Waals surface area contributed by atoms with Crippen LogP contribution in [0.2, 0.25) is 0 Å². The van der Waals surface area contributed by atoms with Crippen LogP contribution in [0.4, 0.5) is 0 Å². The summed E-state index contributed by atoms with van der Waals surface area (Å²) in [5.41, 5.74) is 12.5. The van der Waals surface area contributed by atoms with Crippen molar-refractivity contribution in [3.8, 4) is 11.1 Å². The Kier molecular flexibility index (Phi) is 7.27. The molecule has 2 N–H and O–H groups in total. The van der Waals surface area contributed by atoms with Crippen LogP contribution in [0.3, 0.4) is 0 Å². The predicted molar refractivity (Wildman–Crippen MR) is 224 cm³/mol. The molecule has 0 bridgehead atoms. The maximum atomic E-state index is 6.85. The van der Waals surface area contributed by atoms with E-state index in [2.05, 4.69) is 133 Å². The highest BCUT2D eigenvalue weighted by molar-refractivity contribution is 7.27. The van der Waals surface area contributed by atoms with E-state index in [-0.39, 0.29) is 0 Å². The normalized spacial score (nSPS) is 12.7. The van der Waals surface area contributed by atoms with Crippen molar-refractivity contribution in [1.82, 2.24) is 0 Å². The summed E-state index contributed by atoms with van der Waals surface area (Å²) in [5.74, 6) is 1.09. The van der Waals surface area contributed by atoms with Crippen LogP contribution in [-0.4, -0.2) is 11.7 Å². The molecule has 0 aliphatic heterocycles. The molecule has 6 heteroatoms. The molecule has 7 aromatic carbocycles. The lowest BCUT2D eigenvalue weighted by Crippen LogP contribution is -2.16. The Balaban J connectivity index is 1.09. The van der Waals surface area contributed by atoms with Crippen LogP contribution in [0.25, 0.3) is 71.6 Å². The third-order valence-electron chi connectivity index (χ3n) is 9.64. The number of nitrogens with two attached hydrogens (primary N) is 1. The molecule has 3 nitrogen and oxygen atoms in total. The van der Waals surface area contributed by atoms with Crippen LogP contribution in [-0.2, 0) is 6.54 Å². The third-order valence-corrected chi connectivity index (χ3v) is 13.4. The van der Waals surface area contributed by atoms with Crippen molar-refractivity contribution in [2.45, 2.75) is 6.54 Å². The molecule has 0 radical (unpaired) electrons. The molecule has 0 spiro atoms. The highest BCUT2D eigenvalue weighted by Gasteiger charge is 2.17. The number of nitrogens with zero attached hydrogens (tertiary/aromatic N) is 2.